The van der Waals surface area contributed by atoms with E-state index in [9.17, 15) is 14.4 Å². The van der Waals surface area contributed by atoms with E-state index >= 15 is 0 Å². The highest BCUT2D eigenvalue weighted by Gasteiger charge is 2.24. The second-order valence-electron chi connectivity index (χ2n) is 5.41. The maximum absolute atomic E-state index is 12.2. The number of carbonyl (C=O) groups is 3. The number of nitrogens with zero attached hydrogens (tertiary/aromatic N) is 1. The van der Waals surface area contributed by atoms with Gasteiger partial charge in [0.05, 0.1) is 17.6 Å². The minimum Gasteiger partial charge on any atom is -0.465 e. The summed E-state index contributed by atoms with van der Waals surface area (Å²) in [7, 11) is 1.31. The molecule has 2 aromatic carbocycles. The molecule has 2 aromatic rings. The Balaban J connectivity index is 1.74. The van der Waals surface area contributed by atoms with Crippen molar-refractivity contribution in [2.75, 3.05) is 7.11 Å². The number of ether oxygens (including phenoxy) is 1. The van der Waals surface area contributed by atoms with Crippen molar-refractivity contribution in [1.29, 1.82) is 0 Å². The van der Waals surface area contributed by atoms with Crippen LogP contribution < -0.4 is 5.32 Å². The van der Waals surface area contributed by atoms with Crippen LogP contribution in [0, 0.1) is 0 Å². The van der Waals surface area contributed by atoms with Crippen LogP contribution in [0.2, 0.25) is 5.02 Å². The first kappa shape index (κ1) is 18.9. The average molecular weight is 401 g/mol. The summed E-state index contributed by atoms with van der Waals surface area (Å²) in [5, 5.41) is 3.29. The fourth-order valence-corrected chi connectivity index (χ4v) is 3.16. The highest BCUT2D eigenvalue weighted by atomic mass is 35.5. The zero-order valence-electron chi connectivity index (χ0n) is 14.1. The number of thioether (sulfide) groups is 1. The van der Waals surface area contributed by atoms with Gasteiger partial charge in [0.2, 0.25) is 0 Å². The van der Waals surface area contributed by atoms with Crippen molar-refractivity contribution in [3.8, 4) is 0 Å². The molecule has 0 bridgehead atoms. The van der Waals surface area contributed by atoms with E-state index in [0.717, 1.165) is 17.3 Å². The van der Waals surface area contributed by atoms with E-state index in [1.54, 1.807) is 54.6 Å². The van der Waals surface area contributed by atoms with Crippen molar-refractivity contribution >= 4 is 52.4 Å². The monoisotopic (exact) mass is 400 g/mol. The quantitative estimate of drug-likeness (QED) is 0.629. The molecule has 1 fully saturated rings. The average Bonchev–Trinajstić information content (AvgIpc) is 3.01. The van der Waals surface area contributed by atoms with E-state index in [4.69, 9.17) is 11.6 Å². The molecule has 6 nitrogen and oxygen atoms in total. The Labute approximate surface area is 164 Å². The van der Waals surface area contributed by atoms with Crippen LogP contribution in [-0.2, 0) is 9.53 Å². The molecule has 0 spiro atoms. The van der Waals surface area contributed by atoms with Gasteiger partial charge in [0.15, 0.2) is 5.17 Å². The summed E-state index contributed by atoms with van der Waals surface area (Å²) in [6.07, 6.45) is 1.65. The van der Waals surface area contributed by atoms with Crippen molar-refractivity contribution in [2.45, 2.75) is 0 Å². The number of nitrogens with one attached hydrogen (secondary N) is 1. The molecule has 0 aromatic heterocycles. The molecule has 1 aliphatic heterocycles. The van der Waals surface area contributed by atoms with Crippen molar-refractivity contribution in [2.24, 2.45) is 4.99 Å². The molecule has 1 N–H and O–H groups in total. The number of halogens is 1. The minimum atomic E-state index is -0.474. The van der Waals surface area contributed by atoms with Crippen LogP contribution in [0.25, 0.3) is 6.08 Å². The first-order valence-corrected chi connectivity index (χ1v) is 8.93. The van der Waals surface area contributed by atoms with Gasteiger partial charge in [0.1, 0.15) is 0 Å². The molecular formula is C19H13ClN2O4S. The number of aliphatic imine (C=N–C) groups is 1. The number of amidine groups is 1. The standard InChI is InChI=1S/C19H13ClN2O4S/c1-26-18(25)13-4-2-11(3-5-13)10-15-17(24)22-19(27-15)21-16(23)12-6-8-14(20)9-7-12/h2-10H,1H3,(H,21,22,23,24)/b15-10-. The summed E-state index contributed by atoms with van der Waals surface area (Å²) < 4.78 is 4.64. The smallest absolute Gasteiger partial charge is 0.337 e. The summed E-state index contributed by atoms with van der Waals surface area (Å²) in [6, 6.07) is 12.9. The second-order valence-corrected chi connectivity index (χ2v) is 6.87. The Hall–Kier alpha value is -2.90. The van der Waals surface area contributed by atoms with Crippen LogP contribution in [0.4, 0.5) is 0 Å². The summed E-state index contributed by atoms with van der Waals surface area (Å²) >= 11 is 6.86. The Morgan fingerprint density at radius 3 is 2.33 bits per heavy atom. The van der Waals surface area contributed by atoms with Crippen LogP contribution in [0.3, 0.4) is 0 Å². The fraction of sp³-hybridized carbons (Fsp3) is 0.0526. The second kappa shape index (κ2) is 8.20. The summed E-state index contributed by atoms with van der Waals surface area (Å²) in [5.41, 5.74) is 1.52. The van der Waals surface area contributed by atoms with E-state index in [1.165, 1.54) is 7.11 Å². The van der Waals surface area contributed by atoms with Crippen LogP contribution in [0.1, 0.15) is 26.3 Å². The SMILES string of the molecule is COC(=O)c1ccc(/C=C2\SC(=NC(=O)c3ccc(Cl)cc3)NC2=O)cc1. The van der Waals surface area contributed by atoms with E-state index in [-0.39, 0.29) is 11.1 Å². The van der Waals surface area contributed by atoms with Gasteiger partial charge in [0.25, 0.3) is 11.8 Å². The molecule has 1 saturated heterocycles. The Bertz CT molecular complexity index is 966. The van der Waals surface area contributed by atoms with Crippen molar-refractivity contribution < 1.29 is 19.1 Å². The van der Waals surface area contributed by atoms with E-state index < -0.39 is 11.9 Å². The van der Waals surface area contributed by atoms with Crippen LogP contribution >= 0.6 is 23.4 Å². The molecule has 136 valence electrons. The van der Waals surface area contributed by atoms with E-state index in [1.807, 2.05) is 0 Å². The van der Waals surface area contributed by atoms with Gasteiger partial charge in [-0.05, 0) is 59.8 Å². The zero-order chi connectivity index (χ0) is 19.4. The molecule has 0 unspecified atom stereocenters. The summed E-state index contributed by atoms with van der Waals surface area (Å²) in [6.45, 7) is 0. The third kappa shape index (κ3) is 4.64. The molecule has 0 radical (unpaired) electrons. The summed E-state index contributed by atoms with van der Waals surface area (Å²) in [4.78, 5) is 40.0. The number of rotatable bonds is 3. The maximum Gasteiger partial charge on any atom is 0.337 e. The molecule has 8 heteroatoms. The Kier molecular flexibility index (Phi) is 5.73. The highest BCUT2D eigenvalue weighted by molar-refractivity contribution is 8.18. The normalized spacial score (nSPS) is 16.4. The Morgan fingerprint density at radius 1 is 1.07 bits per heavy atom. The number of benzene rings is 2. The number of hydrogen-bond donors (Lipinski definition) is 1. The molecule has 0 aliphatic carbocycles. The largest absolute Gasteiger partial charge is 0.465 e. The lowest BCUT2D eigenvalue weighted by atomic mass is 10.1. The van der Waals surface area contributed by atoms with Gasteiger partial charge >= 0.3 is 5.97 Å². The van der Waals surface area contributed by atoms with E-state index in [0.29, 0.717) is 21.1 Å². The van der Waals surface area contributed by atoms with Gasteiger partial charge in [-0.15, -0.1) is 0 Å². The lowest BCUT2D eigenvalue weighted by molar-refractivity contribution is -0.115. The lowest BCUT2D eigenvalue weighted by Gasteiger charge is -1.99. The first-order valence-electron chi connectivity index (χ1n) is 7.74. The number of hydrogen-bond acceptors (Lipinski definition) is 5. The molecular weight excluding hydrogens is 388 g/mol. The first-order chi connectivity index (χ1) is 13.0. The third-order valence-corrected chi connectivity index (χ3v) is 4.74. The van der Waals surface area contributed by atoms with Crippen LogP contribution in [0.5, 0.6) is 0 Å². The van der Waals surface area contributed by atoms with Gasteiger partial charge in [-0.3, -0.25) is 9.59 Å². The molecule has 27 heavy (non-hydrogen) atoms. The summed E-state index contributed by atoms with van der Waals surface area (Å²) in [5.74, 6) is -1.25. The molecule has 0 atom stereocenters. The minimum absolute atomic E-state index is 0.206. The number of esters is 1. The van der Waals surface area contributed by atoms with Crippen LogP contribution in [0.15, 0.2) is 58.4 Å². The predicted molar refractivity (Wildman–Crippen MR) is 105 cm³/mol. The van der Waals surface area contributed by atoms with Crippen molar-refractivity contribution in [3.05, 3.63) is 75.1 Å². The van der Waals surface area contributed by atoms with Crippen LogP contribution in [-0.4, -0.2) is 30.1 Å². The molecule has 2 amide bonds. The van der Waals surface area contributed by atoms with Crippen molar-refractivity contribution in [3.63, 3.8) is 0 Å². The number of carbonyl (C=O) groups excluding carboxylic acids is 3. The molecule has 3 rings (SSSR count). The topological polar surface area (TPSA) is 84.8 Å². The fourth-order valence-electron chi connectivity index (χ4n) is 2.21. The van der Waals surface area contributed by atoms with Crippen molar-refractivity contribution in [1.82, 2.24) is 5.32 Å². The van der Waals surface area contributed by atoms with Gasteiger partial charge in [0, 0.05) is 10.6 Å². The third-order valence-electron chi connectivity index (χ3n) is 3.57. The highest BCUT2D eigenvalue weighted by Crippen LogP contribution is 2.26. The molecule has 1 aliphatic rings. The Morgan fingerprint density at radius 2 is 1.70 bits per heavy atom. The van der Waals surface area contributed by atoms with Gasteiger partial charge < -0.3 is 10.1 Å². The molecule has 0 saturated carbocycles. The van der Waals surface area contributed by atoms with E-state index in [2.05, 4.69) is 15.0 Å². The zero-order valence-corrected chi connectivity index (χ0v) is 15.6. The van der Waals surface area contributed by atoms with Gasteiger partial charge in [-0.1, -0.05) is 23.7 Å². The van der Waals surface area contributed by atoms with Gasteiger partial charge in [-0.2, -0.15) is 4.99 Å². The predicted octanol–water partition coefficient (Wildman–Crippen LogP) is 3.53. The number of amides is 2. The molecule has 1 heterocycles. The maximum atomic E-state index is 12.2. The van der Waals surface area contributed by atoms with Gasteiger partial charge in [-0.25, -0.2) is 4.79 Å². The number of methoxy groups -OCH3 is 1. The lowest BCUT2D eigenvalue weighted by Crippen LogP contribution is -2.20.